The first-order valence-electron chi connectivity index (χ1n) is 6.07. The zero-order chi connectivity index (χ0) is 12.0. The molecule has 0 amide bonds. The van der Waals surface area contributed by atoms with Gasteiger partial charge in [-0.15, -0.1) is 0 Å². The van der Waals surface area contributed by atoms with Crippen LogP contribution in [0.4, 0.5) is 0 Å². The number of ketones is 1. The lowest BCUT2D eigenvalue weighted by Gasteiger charge is -2.33. The molecular weight excluding hydrogens is 204 g/mol. The van der Waals surface area contributed by atoms with E-state index in [1.165, 1.54) is 0 Å². The van der Waals surface area contributed by atoms with Crippen molar-refractivity contribution in [1.82, 2.24) is 0 Å². The largest absolute Gasteiger partial charge is 0.359 e. The van der Waals surface area contributed by atoms with Crippen LogP contribution in [-0.4, -0.2) is 25.8 Å². The number of Topliss-reactive ketones (excluding diaryl/α,β-unsaturated/α-hetero) is 1. The van der Waals surface area contributed by atoms with Crippen molar-refractivity contribution in [2.45, 2.75) is 46.1 Å². The molecule has 3 unspecified atom stereocenters. The summed E-state index contributed by atoms with van der Waals surface area (Å²) in [6, 6.07) is 0. The first-order chi connectivity index (χ1) is 7.43. The van der Waals surface area contributed by atoms with Gasteiger partial charge in [0.05, 0.1) is 6.10 Å². The van der Waals surface area contributed by atoms with Gasteiger partial charge in [-0.3, -0.25) is 4.79 Å². The van der Waals surface area contributed by atoms with Gasteiger partial charge in [0.1, 0.15) is 12.6 Å². The predicted molar refractivity (Wildman–Crippen MR) is 61.0 cm³/mol. The van der Waals surface area contributed by atoms with Gasteiger partial charge in [0.25, 0.3) is 0 Å². The summed E-state index contributed by atoms with van der Waals surface area (Å²) in [5.41, 5.74) is -0.0681. The van der Waals surface area contributed by atoms with Gasteiger partial charge in [0.15, 0.2) is 0 Å². The Bertz CT molecular complexity index is 298. The molecule has 0 aromatic heterocycles. The lowest BCUT2D eigenvalue weighted by Crippen LogP contribution is -2.32. The monoisotopic (exact) mass is 226 g/mol. The summed E-state index contributed by atoms with van der Waals surface area (Å²) in [7, 11) is 1.63. The van der Waals surface area contributed by atoms with Crippen LogP contribution in [0.25, 0.3) is 0 Å². The zero-order valence-corrected chi connectivity index (χ0v) is 10.7. The summed E-state index contributed by atoms with van der Waals surface area (Å²) in [5.74, 6) is 0.892. The maximum Gasteiger partial charge on any atom is 0.146 e. The Hall–Kier alpha value is -0.410. The van der Waals surface area contributed by atoms with Gasteiger partial charge in [-0.2, -0.15) is 0 Å². The maximum atomic E-state index is 12.0. The van der Waals surface area contributed by atoms with Gasteiger partial charge in [-0.1, -0.05) is 20.8 Å². The minimum atomic E-state index is -0.151. The molecule has 0 heterocycles. The molecule has 2 aliphatic rings. The molecule has 16 heavy (non-hydrogen) atoms. The van der Waals surface area contributed by atoms with Crippen molar-refractivity contribution in [3.63, 3.8) is 0 Å². The van der Waals surface area contributed by atoms with E-state index >= 15 is 0 Å². The second kappa shape index (κ2) is 3.81. The summed E-state index contributed by atoms with van der Waals surface area (Å²) in [6.07, 6.45) is 2.77. The Balaban J connectivity index is 2.19. The van der Waals surface area contributed by atoms with Crippen LogP contribution in [0.15, 0.2) is 0 Å². The molecule has 0 bridgehead atoms. The van der Waals surface area contributed by atoms with Crippen molar-refractivity contribution in [3.05, 3.63) is 0 Å². The topological polar surface area (TPSA) is 35.5 Å². The summed E-state index contributed by atoms with van der Waals surface area (Å²) < 4.78 is 10.7. The van der Waals surface area contributed by atoms with Crippen molar-refractivity contribution in [2.75, 3.05) is 13.9 Å². The van der Waals surface area contributed by atoms with E-state index in [1.807, 2.05) is 0 Å². The number of rotatable bonds is 3. The van der Waals surface area contributed by atoms with Crippen LogP contribution in [0.3, 0.4) is 0 Å². The lowest BCUT2D eigenvalue weighted by atomic mass is 9.73. The average Bonchev–Trinajstić information content (AvgIpc) is 2.60. The highest BCUT2D eigenvalue weighted by Gasteiger charge is 2.61. The number of ether oxygens (including phenoxy) is 2. The normalized spacial score (nSPS) is 41.4. The lowest BCUT2D eigenvalue weighted by molar-refractivity contribution is -0.127. The molecule has 3 nitrogen and oxygen atoms in total. The van der Waals surface area contributed by atoms with Gasteiger partial charge in [0.2, 0.25) is 0 Å². The summed E-state index contributed by atoms with van der Waals surface area (Å²) in [5, 5.41) is 0. The maximum absolute atomic E-state index is 12.0. The van der Waals surface area contributed by atoms with Crippen molar-refractivity contribution >= 4 is 5.78 Å². The van der Waals surface area contributed by atoms with Gasteiger partial charge in [0, 0.05) is 18.9 Å². The molecular formula is C13H22O3. The summed E-state index contributed by atoms with van der Waals surface area (Å²) >= 11 is 0. The van der Waals surface area contributed by atoms with Crippen LogP contribution in [0.5, 0.6) is 0 Å². The molecule has 0 aromatic rings. The van der Waals surface area contributed by atoms with E-state index in [9.17, 15) is 4.79 Å². The van der Waals surface area contributed by atoms with Crippen LogP contribution < -0.4 is 0 Å². The third-order valence-electron chi connectivity index (χ3n) is 4.79. The fourth-order valence-electron chi connectivity index (χ4n) is 3.82. The van der Waals surface area contributed by atoms with Gasteiger partial charge in [-0.25, -0.2) is 0 Å². The van der Waals surface area contributed by atoms with Crippen LogP contribution in [0.1, 0.15) is 40.0 Å². The fourth-order valence-corrected chi connectivity index (χ4v) is 3.82. The number of hydrogen-bond acceptors (Lipinski definition) is 3. The third-order valence-corrected chi connectivity index (χ3v) is 4.79. The minimum Gasteiger partial charge on any atom is -0.359 e. The van der Waals surface area contributed by atoms with E-state index in [2.05, 4.69) is 20.8 Å². The Labute approximate surface area is 97.5 Å². The molecule has 0 N–H and O–H groups in total. The summed E-state index contributed by atoms with van der Waals surface area (Å²) in [4.78, 5) is 12.0. The molecule has 2 rings (SSSR count). The molecule has 0 saturated heterocycles. The first-order valence-corrected chi connectivity index (χ1v) is 6.07. The molecule has 2 aliphatic carbocycles. The van der Waals surface area contributed by atoms with E-state index in [0.717, 1.165) is 19.3 Å². The van der Waals surface area contributed by atoms with E-state index in [4.69, 9.17) is 9.47 Å². The molecule has 0 radical (unpaired) electrons. The highest BCUT2D eigenvalue weighted by atomic mass is 16.7. The second-order valence-corrected chi connectivity index (χ2v) is 6.02. The van der Waals surface area contributed by atoms with Crippen molar-refractivity contribution < 1.29 is 14.3 Å². The fraction of sp³-hybridized carbons (Fsp3) is 0.923. The molecule has 0 aromatic carbocycles. The first kappa shape index (κ1) is 12.1. The number of methoxy groups -OCH3 is 1. The molecule has 2 fully saturated rings. The van der Waals surface area contributed by atoms with Crippen LogP contribution >= 0.6 is 0 Å². The van der Waals surface area contributed by atoms with E-state index in [0.29, 0.717) is 18.5 Å². The van der Waals surface area contributed by atoms with Crippen LogP contribution in [0.2, 0.25) is 0 Å². The van der Waals surface area contributed by atoms with Gasteiger partial charge >= 0.3 is 0 Å². The Morgan fingerprint density at radius 2 is 2.06 bits per heavy atom. The number of carbonyl (C=O) groups is 1. The minimum absolute atomic E-state index is 0.0828. The number of carbonyl (C=O) groups excluding carboxylic acids is 1. The van der Waals surface area contributed by atoms with E-state index in [-0.39, 0.29) is 16.9 Å². The zero-order valence-electron chi connectivity index (χ0n) is 10.7. The molecule has 0 aliphatic heterocycles. The smallest absolute Gasteiger partial charge is 0.146 e. The van der Waals surface area contributed by atoms with E-state index < -0.39 is 0 Å². The predicted octanol–water partition coefficient (Wildman–Crippen LogP) is 2.39. The highest BCUT2D eigenvalue weighted by molar-refractivity contribution is 5.87. The number of hydrogen-bond donors (Lipinski definition) is 0. The average molecular weight is 226 g/mol. The molecule has 0 spiro atoms. The van der Waals surface area contributed by atoms with Crippen LogP contribution in [-0.2, 0) is 14.3 Å². The van der Waals surface area contributed by atoms with Crippen molar-refractivity contribution in [1.29, 1.82) is 0 Å². The standard InChI is InChI=1S/C13H22O3/c1-12(2)9-5-6-10(14)13(9,3)7-11(12)16-8-15-4/h9,11H,5-8H2,1-4H3. The molecule has 3 atom stereocenters. The Morgan fingerprint density at radius 3 is 2.62 bits per heavy atom. The van der Waals surface area contributed by atoms with Gasteiger partial charge < -0.3 is 9.47 Å². The van der Waals surface area contributed by atoms with Crippen LogP contribution in [0, 0.1) is 16.7 Å². The molecule has 2 saturated carbocycles. The quantitative estimate of drug-likeness (QED) is 0.693. The SMILES string of the molecule is COCOC1CC2(C)C(=O)CCC2C1(C)C. The van der Waals surface area contributed by atoms with Crippen molar-refractivity contribution in [3.8, 4) is 0 Å². The van der Waals surface area contributed by atoms with Gasteiger partial charge in [-0.05, 0) is 24.2 Å². The highest BCUT2D eigenvalue weighted by Crippen LogP contribution is 2.61. The van der Waals surface area contributed by atoms with E-state index in [1.54, 1.807) is 7.11 Å². The van der Waals surface area contributed by atoms with Crippen molar-refractivity contribution in [2.24, 2.45) is 16.7 Å². The Kier molecular flexibility index (Phi) is 2.87. The third kappa shape index (κ3) is 1.52. The molecule has 3 heteroatoms. The Morgan fingerprint density at radius 1 is 1.38 bits per heavy atom. The summed E-state index contributed by atoms with van der Waals surface area (Å²) in [6.45, 7) is 6.89. The molecule has 92 valence electrons. The second-order valence-electron chi connectivity index (χ2n) is 6.02. The number of fused-ring (bicyclic) bond motifs is 1.